The smallest absolute Gasteiger partial charge is 0.263 e. The molecular weight excluding hydrogens is 504 g/mol. The Morgan fingerprint density at radius 1 is 1.07 bits per heavy atom. The van der Waals surface area contributed by atoms with Crippen molar-refractivity contribution in [2.45, 2.75) is 64.5 Å². The number of nitrogens with zero attached hydrogens (tertiary/aromatic N) is 8. The molecule has 0 unspecified atom stereocenters. The molecule has 208 valence electrons. The van der Waals surface area contributed by atoms with Crippen LogP contribution in [0.3, 0.4) is 0 Å². The van der Waals surface area contributed by atoms with E-state index in [-0.39, 0.29) is 34.5 Å². The zero-order valence-electron chi connectivity index (χ0n) is 23.8. The molecule has 1 aliphatic carbocycles. The molecule has 2 aliphatic heterocycles. The predicted octanol–water partition coefficient (Wildman–Crippen LogP) is 3.78. The first-order valence-corrected chi connectivity index (χ1v) is 14.1. The lowest BCUT2D eigenvalue weighted by atomic mass is 9.66. The lowest BCUT2D eigenvalue weighted by molar-refractivity contribution is 0.0641. The lowest BCUT2D eigenvalue weighted by Crippen LogP contribution is -2.59. The van der Waals surface area contributed by atoms with E-state index >= 15 is 0 Å². The molecule has 6 rings (SSSR count). The Hall–Kier alpha value is -4.26. The third kappa shape index (κ3) is 4.39. The highest BCUT2D eigenvalue weighted by atomic mass is 16.2. The summed E-state index contributed by atoms with van der Waals surface area (Å²) in [7, 11) is 1.66. The zero-order valence-corrected chi connectivity index (χ0v) is 23.8. The first-order chi connectivity index (χ1) is 19.3. The highest BCUT2D eigenvalue weighted by Crippen LogP contribution is 2.56. The number of nitriles is 1. The van der Waals surface area contributed by atoms with Crippen molar-refractivity contribution >= 4 is 23.4 Å². The summed E-state index contributed by atoms with van der Waals surface area (Å²) in [6, 6.07) is 8.95. The first-order valence-electron chi connectivity index (χ1n) is 14.1. The molecule has 1 spiro atoms. The van der Waals surface area contributed by atoms with Gasteiger partial charge in [-0.1, -0.05) is 20.3 Å². The van der Waals surface area contributed by atoms with Crippen LogP contribution in [0.15, 0.2) is 47.8 Å². The van der Waals surface area contributed by atoms with Gasteiger partial charge in [0.25, 0.3) is 11.5 Å². The average Bonchev–Trinajstić information content (AvgIpc) is 3.33. The van der Waals surface area contributed by atoms with Gasteiger partial charge in [-0.05, 0) is 51.0 Å². The number of hydrogen-bond donors (Lipinski definition) is 0. The molecule has 2 atom stereocenters. The number of fused-ring (bicyclic) bond motifs is 2. The van der Waals surface area contributed by atoms with Crippen LogP contribution in [0.4, 0.5) is 17.5 Å². The summed E-state index contributed by atoms with van der Waals surface area (Å²) in [6.07, 6.45) is 8.18. The van der Waals surface area contributed by atoms with Crippen LogP contribution in [0.25, 0.3) is 0 Å². The monoisotopic (exact) mass is 540 g/mol. The summed E-state index contributed by atoms with van der Waals surface area (Å²) in [5.74, 6) is 2.25. The predicted molar refractivity (Wildman–Crippen MR) is 154 cm³/mol. The van der Waals surface area contributed by atoms with Gasteiger partial charge in [0.2, 0.25) is 0 Å². The number of pyridine rings is 2. The second-order valence-electron chi connectivity index (χ2n) is 10.8. The number of amides is 1. The molecule has 10 nitrogen and oxygen atoms in total. The summed E-state index contributed by atoms with van der Waals surface area (Å²) in [5.41, 5.74) is 1.57. The van der Waals surface area contributed by atoms with Gasteiger partial charge in [0, 0.05) is 62.1 Å². The Balaban J connectivity index is 0.00000158. The maximum Gasteiger partial charge on any atom is 0.263 e. The van der Waals surface area contributed by atoms with Crippen LogP contribution in [0, 0.1) is 11.3 Å². The van der Waals surface area contributed by atoms with Gasteiger partial charge in [-0.25, -0.2) is 15.0 Å². The summed E-state index contributed by atoms with van der Waals surface area (Å²) in [4.78, 5) is 46.3. The van der Waals surface area contributed by atoms with Gasteiger partial charge in [0.15, 0.2) is 0 Å². The van der Waals surface area contributed by atoms with E-state index in [2.05, 4.69) is 27.8 Å². The number of piperazine rings is 1. The molecule has 3 aromatic heterocycles. The quantitative estimate of drug-likeness (QED) is 0.494. The van der Waals surface area contributed by atoms with Gasteiger partial charge < -0.3 is 19.3 Å². The molecule has 10 heteroatoms. The van der Waals surface area contributed by atoms with Crippen molar-refractivity contribution in [1.82, 2.24) is 24.4 Å². The molecule has 3 aliphatic rings. The first kappa shape index (κ1) is 27.3. The van der Waals surface area contributed by atoms with Crippen LogP contribution in [-0.4, -0.2) is 62.0 Å². The van der Waals surface area contributed by atoms with Crippen LogP contribution in [0.1, 0.15) is 68.4 Å². The van der Waals surface area contributed by atoms with Crippen LogP contribution >= 0.6 is 0 Å². The van der Waals surface area contributed by atoms with Gasteiger partial charge in [-0.2, -0.15) is 5.26 Å². The highest BCUT2D eigenvalue weighted by molar-refractivity contribution is 5.94. The summed E-state index contributed by atoms with van der Waals surface area (Å²) in [5, 5.41) is 9.42. The number of carbonyl (C=O) groups is 1. The SMILES string of the molecule is CC.C[C@@H]1CN(c2ncnc3c2C2(CCC2)CN3c2cc(C#N)ccn2)[C@@H](C)CN1C(=O)c1cccn(C)c1=O. The fourth-order valence-corrected chi connectivity index (χ4v) is 6.18. The third-order valence-corrected chi connectivity index (χ3v) is 8.39. The van der Waals surface area contributed by atoms with E-state index in [4.69, 9.17) is 9.97 Å². The Morgan fingerprint density at radius 2 is 1.82 bits per heavy atom. The summed E-state index contributed by atoms with van der Waals surface area (Å²) >= 11 is 0. The Labute approximate surface area is 234 Å². The minimum absolute atomic E-state index is 0.00654. The van der Waals surface area contributed by atoms with E-state index in [1.807, 2.05) is 31.7 Å². The normalized spacial score (nSPS) is 20.8. The van der Waals surface area contributed by atoms with E-state index in [0.717, 1.165) is 48.8 Å². The molecular formula is C30H36N8O2. The number of aromatic nitrogens is 4. The maximum absolute atomic E-state index is 13.4. The van der Waals surface area contributed by atoms with E-state index < -0.39 is 0 Å². The second kappa shape index (κ2) is 10.7. The third-order valence-electron chi connectivity index (χ3n) is 8.39. The van der Waals surface area contributed by atoms with E-state index in [1.165, 1.54) is 4.57 Å². The van der Waals surface area contributed by atoms with Gasteiger partial charge in [0.05, 0.1) is 11.6 Å². The van der Waals surface area contributed by atoms with Crippen molar-refractivity contribution in [3.8, 4) is 6.07 Å². The van der Waals surface area contributed by atoms with Gasteiger partial charge in [-0.15, -0.1) is 0 Å². The van der Waals surface area contributed by atoms with E-state index in [1.54, 1.807) is 44.0 Å². The number of hydrogen-bond acceptors (Lipinski definition) is 8. The fourth-order valence-electron chi connectivity index (χ4n) is 6.18. The molecule has 0 aromatic carbocycles. The number of carbonyl (C=O) groups excluding carboxylic acids is 1. The number of rotatable bonds is 3. The molecule has 0 radical (unpaired) electrons. The molecule has 0 bridgehead atoms. The van der Waals surface area contributed by atoms with Gasteiger partial charge in [-0.3, -0.25) is 9.59 Å². The summed E-state index contributed by atoms with van der Waals surface area (Å²) in [6.45, 7) is 9.97. The highest BCUT2D eigenvalue weighted by Gasteiger charge is 2.52. The summed E-state index contributed by atoms with van der Waals surface area (Å²) < 4.78 is 1.44. The van der Waals surface area contributed by atoms with E-state index in [0.29, 0.717) is 18.7 Å². The topological polar surface area (TPSA) is 111 Å². The molecule has 1 saturated carbocycles. The van der Waals surface area contributed by atoms with Crippen molar-refractivity contribution in [3.05, 3.63) is 70.0 Å². The standard InChI is InChI=1S/C28H30N8O2.C2H6/c1-18-15-35(27(38)21-6-4-11-33(3)26(21)37)19(2)14-34(18)24-23-25(32-17-31-24)36(16-28(23)8-5-9-28)22-12-20(13-29)7-10-30-22;1-2/h4,6-7,10-12,17-19H,5,8-9,14-16H2,1-3H3;1-2H3/t18-,19+;/m0./s1. The molecule has 40 heavy (non-hydrogen) atoms. The van der Waals surface area contributed by atoms with Crippen molar-refractivity contribution in [2.75, 3.05) is 29.4 Å². The maximum atomic E-state index is 13.4. The molecule has 1 amide bonds. The van der Waals surface area contributed by atoms with E-state index in [9.17, 15) is 14.9 Å². The minimum atomic E-state index is -0.283. The Bertz CT molecular complexity index is 1520. The van der Waals surface area contributed by atoms with Crippen molar-refractivity contribution in [2.24, 2.45) is 7.05 Å². The molecule has 0 N–H and O–H groups in total. The fraction of sp³-hybridized carbons (Fsp3) is 0.467. The van der Waals surface area contributed by atoms with Gasteiger partial charge >= 0.3 is 0 Å². The van der Waals surface area contributed by atoms with Crippen LogP contribution < -0.4 is 15.4 Å². The average molecular weight is 541 g/mol. The number of anilines is 3. The zero-order chi connectivity index (χ0) is 28.6. The van der Waals surface area contributed by atoms with Crippen LogP contribution in [-0.2, 0) is 12.5 Å². The molecule has 1 saturated heterocycles. The molecule has 2 fully saturated rings. The second-order valence-corrected chi connectivity index (χ2v) is 10.8. The van der Waals surface area contributed by atoms with Crippen molar-refractivity contribution in [1.29, 1.82) is 5.26 Å². The largest absolute Gasteiger partial charge is 0.350 e. The Morgan fingerprint density at radius 3 is 2.52 bits per heavy atom. The van der Waals surface area contributed by atoms with Gasteiger partial charge in [0.1, 0.15) is 29.3 Å². The number of aryl methyl sites for hydroxylation is 1. The molecule has 5 heterocycles. The van der Waals surface area contributed by atoms with Crippen molar-refractivity contribution < 1.29 is 4.79 Å². The van der Waals surface area contributed by atoms with Crippen molar-refractivity contribution in [3.63, 3.8) is 0 Å². The Kier molecular flexibility index (Phi) is 7.32. The van der Waals surface area contributed by atoms with Crippen LogP contribution in [0.2, 0.25) is 0 Å². The lowest BCUT2D eigenvalue weighted by Gasteiger charge is -2.47. The minimum Gasteiger partial charge on any atom is -0.350 e. The molecule has 3 aromatic rings. The van der Waals surface area contributed by atoms with Crippen LogP contribution in [0.5, 0.6) is 0 Å².